The Balaban J connectivity index is 1.31. The number of carbonyl (C=O) groups is 1. The molecule has 3 atom stereocenters. The summed E-state index contributed by atoms with van der Waals surface area (Å²) in [5, 5.41) is 11.8. The Morgan fingerprint density at radius 1 is 1.29 bits per heavy atom. The van der Waals surface area contributed by atoms with Crippen LogP contribution in [0.1, 0.15) is 55.8 Å². The van der Waals surface area contributed by atoms with Gasteiger partial charge < -0.3 is 20.4 Å². The molecule has 0 spiro atoms. The van der Waals surface area contributed by atoms with Crippen LogP contribution in [0.2, 0.25) is 0 Å². The molecule has 0 aromatic heterocycles. The monoisotopic (exact) mass is 499 g/mol. The summed E-state index contributed by atoms with van der Waals surface area (Å²) in [5.74, 6) is 0.0894. The third-order valence-corrected chi connectivity index (χ3v) is 7.58. The van der Waals surface area contributed by atoms with Gasteiger partial charge in [0.25, 0.3) is 5.91 Å². The maximum Gasteiger partial charge on any atom is 0.258 e. The molecule has 3 fully saturated rings. The molecular formula is C26H31ClFN5O2. The largest absolute Gasteiger partial charge is 0.489 e. The van der Waals surface area contributed by atoms with E-state index in [4.69, 9.17) is 21.7 Å². The fourth-order valence-electron chi connectivity index (χ4n) is 5.64. The summed E-state index contributed by atoms with van der Waals surface area (Å²) in [6, 6.07) is 5.10. The van der Waals surface area contributed by atoms with E-state index in [1.807, 2.05) is 0 Å². The zero-order valence-corrected chi connectivity index (χ0v) is 20.7. The number of amides is 1. The van der Waals surface area contributed by atoms with E-state index in [0.29, 0.717) is 39.8 Å². The van der Waals surface area contributed by atoms with E-state index in [9.17, 15) is 9.18 Å². The van der Waals surface area contributed by atoms with Gasteiger partial charge in [0.05, 0.1) is 29.4 Å². The van der Waals surface area contributed by atoms with Gasteiger partial charge in [-0.25, -0.2) is 9.38 Å². The predicted molar refractivity (Wildman–Crippen MR) is 135 cm³/mol. The molecule has 0 aliphatic carbocycles. The Labute approximate surface area is 210 Å². The molecule has 186 valence electrons. The van der Waals surface area contributed by atoms with Crippen LogP contribution in [0.4, 0.5) is 4.39 Å². The van der Waals surface area contributed by atoms with E-state index < -0.39 is 5.82 Å². The number of piperidine rings is 1. The molecule has 2 N–H and O–H groups in total. The van der Waals surface area contributed by atoms with Crippen molar-refractivity contribution < 1.29 is 13.9 Å². The van der Waals surface area contributed by atoms with Crippen LogP contribution in [0.15, 0.2) is 45.8 Å². The van der Waals surface area contributed by atoms with Gasteiger partial charge in [-0.05, 0) is 50.8 Å². The van der Waals surface area contributed by atoms with Gasteiger partial charge in [-0.2, -0.15) is 0 Å². The topological polar surface area (TPSA) is 81.0 Å². The van der Waals surface area contributed by atoms with Crippen molar-refractivity contribution in [1.29, 1.82) is 5.41 Å². The van der Waals surface area contributed by atoms with Crippen LogP contribution < -0.4 is 10.1 Å². The van der Waals surface area contributed by atoms with Crippen molar-refractivity contribution in [2.75, 3.05) is 19.6 Å². The predicted octanol–water partition coefficient (Wildman–Crippen LogP) is 4.44. The SMILES string of the molecule is CCCCN1C2CC[C@H]1C[C@@H](Oc1cc(F)ccc1C(=O)N1CC(=N)/C(=C3/N=CC(Cl)=CN3)C1)C2. The molecule has 4 aliphatic rings. The zero-order valence-electron chi connectivity index (χ0n) is 19.9. The second kappa shape index (κ2) is 10.1. The fraction of sp³-hybridized carbons (Fsp3) is 0.500. The van der Waals surface area contributed by atoms with E-state index in [1.54, 1.807) is 11.1 Å². The summed E-state index contributed by atoms with van der Waals surface area (Å²) in [6.45, 7) is 3.73. The van der Waals surface area contributed by atoms with E-state index in [2.05, 4.69) is 22.1 Å². The Morgan fingerprint density at radius 2 is 2.06 bits per heavy atom. The summed E-state index contributed by atoms with van der Waals surface area (Å²) in [5.41, 5.74) is 1.27. The molecule has 1 aromatic rings. The van der Waals surface area contributed by atoms with E-state index in [1.165, 1.54) is 50.1 Å². The summed E-state index contributed by atoms with van der Waals surface area (Å²) in [6.07, 6.45) is 9.60. The van der Waals surface area contributed by atoms with Crippen molar-refractivity contribution in [3.63, 3.8) is 0 Å². The minimum atomic E-state index is -0.429. The first kappa shape index (κ1) is 24.0. The summed E-state index contributed by atoms with van der Waals surface area (Å²) < 4.78 is 20.5. The number of hydrogen-bond acceptors (Lipinski definition) is 6. The minimum Gasteiger partial charge on any atom is -0.489 e. The molecule has 1 unspecified atom stereocenters. The molecule has 0 saturated carbocycles. The Kier molecular flexibility index (Phi) is 6.93. The number of hydrogen-bond donors (Lipinski definition) is 2. The van der Waals surface area contributed by atoms with Crippen molar-refractivity contribution in [2.24, 2.45) is 4.99 Å². The molecule has 4 aliphatic heterocycles. The molecule has 4 heterocycles. The number of benzene rings is 1. The Morgan fingerprint density at radius 3 is 2.74 bits per heavy atom. The molecule has 35 heavy (non-hydrogen) atoms. The number of unbranched alkanes of at least 4 members (excludes halogenated alkanes) is 1. The summed E-state index contributed by atoms with van der Waals surface area (Å²) in [4.78, 5) is 21.9. The lowest BCUT2D eigenvalue weighted by Gasteiger charge is -2.39. The van der Waals surface area contributed by atoms with Gasteiger partial charge in [0.1, 0.15) is 23.5 Å². The summed E-state index contributed by atoms with van der Waals surface area (Å²) >= 11 is 5.91. The first-order chi connectivity index (χ1) is 16.9. The van der Waals surface area contributed by atoms with Crippen LogP contribution in [0.5, 0.6) is 5.75 Å². The van der Waals surface area contributed by atoms with Crippen molar-refractivity contribution >= 4 is 29.4 Å². The number of fused-ring (bicyclic) bond motifs is 2. The number of halogens is 2. The lowest BCUT2D eigenvalue weighted by Crippen LogP contribution is -2.46. The van der Waals surface area contributed by atoms with Crippen LogP contribution in [-0.2, 0) is 0 Å². The average Bonchev–Trinajstić information content (AvgIpc) is 3.34. The highest BCUT2D eigenvalue weighted by Gasteiger charge is 2.41. The second-order valence-corrected chi connectivity index (χ2v) is 10.2. The number of carbonyl (C=O) groups excluding carboxylic acids is 1. The van der Waals surface area contributed by atoms with Crippen LogP contribution in [0, 0.1) is 11.2 Å². The van der Waals surface area contributed by atoms with Crippen LogP contribution in [-0.4, -0.2) is 65.5 Å². The number of likely N-dealkylation sites (tertiary alicyclic amines) is 1. The van der Waals surface area contributed by atoms with Crippen molar-refractivity contribution in [1.82, 2.24) is 15.1 Å². The van der Waals surface area contributed by atoms with Crippen LogP contribution >= 0.6 is 11.6 Å². The molecule has 0 radical (unpaired) electrons. The maximum atomic E-state index is 14.2. The van der Waals surface area contributed by atoms with Gasteiger partial charge in [-0.1, -0.05) is 24.9 Å². The van der Waals surface area contributed by atoms with Crippen molar-refractivity contribution in [3.8, 4) is 5.75 Å². The van der Waals surface area contributed by atoms with Gasteiger partial charge in [-0.15, -0.1) is 0 Å². The maximum absolute atomic E-state index is 14.2. The molecular weight excluding hydrogens is 469 g/mol. The second-order valence-electron chi connectivity index (χ2n) is 9.73. The van der Waals surface area contributed by atoms with Gasteiger partial charge in [0, 0.05) is 36.1 Å². The van der Waals surface area contributed by atoms with E-state index in [-0.39, 0.29) is 30.9 Å². The first-order valence-electron chi connectivity index (χ1n) is 12.4. The smallest absolute Gasteiger partial charge is 0.258 e. The highest BCUT2D eigenvalue weighted by molar-refractivity contribution is 6.39. The zero-order chi connectivity index (χ0) is 24.5. The lowest BCUT2D eigenvalue weighted by molar-refractivity contribution is 0.0474. The number of nitrogens with one attached hydrogen (secondary N) is 2. The fourth-order valence-corrected chi connectivity index (χ4v) is 5.74. The Bertz CT molecular complexity index is 1100. The third-order valence-electron chi connectivity index (χ3n) is 7.38. The van der Waals surface area contributed by atoms with Crippen molar-refractivity contribution in [2.45, 2.75) is 63.6 Å². The number of ether oxygens (including phenoxy) is 1. The van der Waals surface area contributed by atoms with Gasteiger partial charge >= 0.3 is 0 Å². The number of allylic oxidation sites excluding steroid dienone is 1. The minimum absolute atomic E-state index is 0.0365. The highest BCUT2D eigenvalue weighted by Crippen LogP contribution is 2.38. The first-order valence-corrected chi connectivity index (χ1v) is 12.8. The third kappa shape index (κ3) is 5.00. The number of nitrogens with zero attached hydrogens (tertiary/aromatic N) is 3. The number of aliphatic imine (C=N–C) groups is 1. The van der Waals surface area contributed by atoms with Gasteiger partial charge in [0.2, 0.25) is 0 Å². The standard InChI is InChI=1S/C26H31ClFN5O2/c1-2-3-8-33-18-5-6-19(33)11-20(10-18)35-24-9-17(28)4-7-21(24)26(34)32-14-22(23(29)15-32)25-30-12-16(27)13-31-25/h4,7,9,12-13,18-20,29-30H,2-3,5-6,8,10-11,14-15H2,1H3/b25-22+,29-23?/t18-,19?,20+/m0/s1. The molecule has 1 amide bonds. The van der Waals surface area contributed by atoms with Crippen LogP contribution in [0.3, 0.4) is 0 Å². The number of rotatable bonds is 6. The van der Waals surface area contributed by atoms with Crippen LogP contribution in [0.25, 0.3) is 0 Å². The Hall–Kier alpha value is -2.71. The van der Waals surface area contributed by atoms with E-state index >= 15 is 0 Å². The van der Waals surface area contributed by atoms with E-state index in [0.717, 1.165) is 19.4 Å². The van der Waals surface area contributed by atoms with Gasteiger partial charge in [0.15, 0.2) is 0 Å². The lowest BCUT2D eigenvalue weighted by atomic mass is 9.99. The molecule has 1 aromatic carbocycles. The summed E-state index contributed by atoms with van der Waals surface area (Å²) in [7, 11) is 0. The molecule has 3 saturated heterocycles. The molecule has 2 bridgehead atoms. The average molecular weight is 500 g/mol. The normalized spacial score (nSPS) is 28.3. The van der Waals surface area contributed by atoms with Crippen molar-refractivity contribution in [3.05, 3.63) is 52.2 Å². The molecule has 9 heteroatoms. The highest BCUT2D eigenvalue weighted by atomic mass is 35.5. The van der Waals surface area contributed by atoms with Gasteiger partial charge in [-0.3, -0.25) is 9.69 Å². The molecule has 7 nitrogen and oxygen atoms in total. The quantitative estimate of drug-likeness (QED) is 0.606. The molecule has 5 rings (SSSR count).